The van der Waals surface area contributed by atoms with Crippen molar-refractivity contribution in [3.63, 3.8) is 0 Å². The maximum Gasteiger partial charge on any atom is 0.234 e. The molecule has 0 radical (unpaired) electrons. The highest BCUT2D eigenvalue weighted by Gasteiger charge is 2.40. The lowest BCUT2D eigenvalue weighted by Crippen LogP contribution is -2.30. The Morgan fingerprint density at radius 3 is 2.61 bits per heavy atom. The van der Waals surface area contributed by atoms with Crippen LogP contribution in [0.5, 0.6) is 0 Å². The number of hydrogen-bond acceptors (Lipinski definition) is 4. The number of carbonyl (C=O) groups excluding carboxylic acids is 1. The van der Waals surface area contributed by atoms with E-state index in [0.29, 0.717) is 6.61 Å². The number of rotatable bonds is 2. The van der Waals surface area contributed by atoms with Crippen LogP contribution in [0.1, 0.15) is 48.4 Å². The molecule has 2 atom stereocenters. The molecule has 4 rings (SSSR count). The van der Waals surface area contributed by atoms with Gasteiger partial charge in [0.15, 0.2) is 0 Å². The first-order valence-corrected chi connectivity index (χ1v) is 7.83. The van der Waals surface area contributed by atoms with Crippen molar-refractivity contribution in [3.8, 4) is 0 Å². The van der Waals surface area contributed by atoms with Crippen molar-refractivity contribution in [1.82, 2.24) is 9.97 Å². The topological polar surface area (TPSA) is 64.1 Å². The monoisotopic (exact) mass is 309 g/mol. The number of nitrogens with one attached hydrogen (secondary N) is 1. The number of carbonyl (C=O) groups is 1. The molecule has 0 bridgehead atoms. The Hall–Kier alpha value is -2.27. The van der Waals surface area contributed by atoms with E-state index in [4.69, 9.17) is 4.74 Å². The Bertz CT molecular complexity index is 783. The second-order valence-corrected chi connectivity index (χ2v) is 6.81. The fourth-order valence-electron chi connectivity index (χ4n) is 3.28. The normalized spacial score (nSPS) is 24.7. The summed E-state index contributed by atoms with van der Waals surface area (Å²) < 4.78 is 5.74. The summed E-state index contributed by atoms with van der Waals surface area (Å²) in [7, 11) is 0. The molecule has 0 saturated carbocycles. The molecule has 5 heteroatoms. The van der Waals surface area contributed by atoms with Crippen LogP contribution >= 0.6 is 0 Å². The summed E-state index contributed by atoms with van der Waals surface area (Å²) in [4.78, 5) is 20.6. The van der Waals surface area contributed by atoms with Gasteiger partial charge >= 0.3 is 0 Å². The molecule has 2 aliphatic rings. The first kappa shape index (κ1) is 14.3. The van der Waals surface area contributed by atoms with Gasteiger partial charge in [-0.05, 0) is 38.0 Å². The molecule has 0 spiro atoms. The highest BCUT2D eigenvalue weighted by atomic mass is 16.5. The number of fused-ring (bicyclic) bond motifs is 1. The molecule has 1 amide bonds. The van der Waals surface area contributed by atoms with E-state index in [1.165, 1.54) is 5.56 Å². The number of benzene rings is 1. The lowest BCUT2D eigenvalue weighted by molar-refractivity contribution is -0.119. The lowest BCUT2D eigenvalue weighted by atomic mass is 9.82. The van der Waals surface area contributed by atoms with Crippen molar-refractivity contribution in [2.45, 2.75) is 38.2 Å². The van der Waals surface area contributed by atoms with Crippen LogP contribution in [0.4, 0.5) is 5.69 Å². The van der Waals surface area contributed by atoms with E-state index >= 15 is 0 Å². The number of anilines is 1. The highest BCUT2D eigenvalue weighted by molar-refractivity contribution is 6.05. The zero-order valence-corrected chi connectivity index (χ0v) is 13.5. The molecule has 1 fully saturated rings. The number of nitrogens with zero attached hydrogens (tertiary/aromatic N) is 2. The number of hydrogen-bond donors (Lipinski definition) is 1. The van der Waals surface area contributed by atoms with Gasteiger partial charge in [-0.2, -0.15) is 0 Å². The molecule has 118 valence electrons. The van der Waals surface area contributed by atoms with E-state index < -0.39 is 5.41 Å². The fourth-order valence-corrected chi connectivity index (χ4v) is 3.28. The van der Waals surface area contributed by atoms with Crippen LogP contribution in [0.2, 0.25) is 0 Å². The minimum Gasteiger partial charge on any atom is -0.372 e. The average molecular weight is 309 g/mol. The summed E-state index contributed by atoms with van der Waals surface area (Å²) >= 11 is 0. The van der Waals surface area contributed by atoms with Gasteiger partial charge < -0.3 is 10.1 Å². The largest absolute Gasteiger partial charge is 0.372 e. The Kier molecular flexibility index (Phi) is 3.03. The molecule has 1 aromatic carbocycles. The van der Waals surface area contributed by atoms with E-state index in [1.807, 2.05) is 33.2 Å². The minimum atomic E-state index is -0.464. The summed E-state index contributed by atoms with van der Waals surface area (Å²) in [6.07, 6.45) is 3.65. The third-order valence-corrected chi connectivity index (χ3v) is 4.91. The molecule has 1 aromatic heterocycles. The molecule has 2 aliphatic heterocycles. The van der Waals surface area contributed by atoms with E-state index in [-0.39, 0.29) is 17.9 Å². The zero-order chi connectivity index (χ0) is 16.2. The second kappa shape index (κ2) is 4.86. The predicted octanol–water partition coefficient (Wildman–Crippen LogP) is 2.87. The molecular weight excluding hydrogens is 290 g/mol. The van der Waals surface area contributed by atoms with Gasteiger partial charge in [-0.1, -0.05) is 12.1 Å². The zero-order valence-electron chi connectivity index (χ0n) is 13.5. The van der Waals surface area contributed by atoms with Crippen LogP contribution in [-0.2, 0) is 14.9 Å². The third-order valence-electron chi connectivity index (χ3n) is 4.91. The van der Waals surface area contributed by atoms with Gasteiger partial charge in [0.25, 0.3) is 0 Å². The lowest BCUT2D eigenvalue weighted by Gasteiger charge is -2.37. The number of aryl methyl sites for hydroxylation is 1. The van der Waals surface area contributed by atoms with Crippen molar-refractivity contribution in [2.75, 3.05) is 11.9 Å². The van der Waals surface area contributed by atoms with Crippen LogP contribution in [0, 0.1) is 6.92 Å². The summed E-state index contributed by atoms with van der Waals surface area (Å²) in [6.45, 7) is 6.45. The smallest absolute Gasteiger partial charge is 0.234 e. The SMILES string of the molecule is Cc1ncc(C2OCC2c2ccc3c(c2)NC(=O)C3(C)C)cn1. The van der Waals surface area contributed by atoms with Crippen molar-refractivity contribution in [1.29, 1.82) is 0 Å². The molecule has 2 unspecified atom stereocenters. The van der Waals surface area contributed by atoms with Gasteiger partial charge in [-0.3, -0.25) is 4.79 Å². The Morgan fingerprint density at radius 2 is 1.96 bits per heavy atom. The van der Waals surface area contributed by atoms with E-state index in [0.717, 1.165) is 22.6 Å². The molecule has 2 aromatic rings. The Balaban J connectivity index is 1.64. The molecule has 1 N–H and O–H groups in total. The van der Waals surface area contributed by atoms with E-state index in [2.05, 4.69) is 33.5 Å². The third kappa shape index (κ3) is 2.15. The summed E-state index contributed by atoms with van der Waals surface area (Å²) in [5.41, 5.74) is 3.69. The molecule has 0 aliphatic carbocycles. The quantitative estimate of drug-likeness (QED) is 0.926. The Labute approximate surface area is 135 Å². The first-order chi connectivity index (χ1) is 11.0. The van der Waals surface area contributed by atoms with Crippen molar-refractivity contribution >= 4 is 11.6 Å². The van der Waals surface area contributed by atoms with E-state index in [1.54, 1.807) is 0 Å². The molecule has 1 saturated heterocycles. The van der Waals surface area contributed by atoms with Gasteiger partial charge in [0.2, 0.25) is 5.91 Å². The summed E-state index contributed by atoms with van der Waals surface area (Å²) in [5.74, 6) is 1.08. The van der Waals surface area contributed by atoms with Crippen molar-refractivity contribution in [2.24, 2.45) is 0 Å². The van der Waals surface area contributed by atoms with Crippen LogP contribution in [-0.4, -0.2) is 22.5 Å². The van der Waals surface area contributed by atoms with Gasteiger partial charge in [-0.25, -0.2) is 9.97 Å². The number of amides is 1. The van der Waals surface area contributed by atoms with Crippen LogP contribution in [0.15, 0.2) is 30.6 Å². The minimum absolute atomic E-state index is 0.0150. The molecular formula is C18H19N3O2. The van der Waals surface area contributed by atoms with Crippen LogP contribution in [0.25, 0.3) is 0 Å². The van der Waals surface area contributed by atoms with Crippen molar-refractivity contribution < 1.29 is 9.53 Å². The summed E-state index contributed by atoms with van der Waals surface area (Å²) in [6, 6.07) is 6.25. The van der Waals surface area contributed by atoms with Gasteiger partial charge in [0, 0.05) is 29.6 Å². The second-order valence-electron chi connectivity index (χ2n) is 6.81. The van der Waals surface area contributed by atoms with Crippen molar-refractivity contribution in [3.05, 3.63) is 53.1 Å². The van der Waals surface area contributed by atoms with Gasteiger partial charge in [-0.15, -0.1) is 0 Å². The molecule has 23 heavy (non-hydrogen) atoms. The van der Waals surface area contributed by atoms with Crippen LogP contribution in [0.3, 0.4) is 0 Å². The fraction of sp³-hybridized carbons (Fsp3) is 0.389. The number of ether oxygens (including phenoxy) is 1. The van der Waals surface area contributed by atoms with E-state index in [9.17, 15) is 4.79 Å². The number of aromatic nitrogens is 2. The maximum atomic E-state index is 12.1. The molecule has 3 heterocycles. The van der Waals surface area contributed by atoms with Crippen LogP contribution < -0.4 is 5.32 Å². The standard InChI is InChI=1S/C18H19N3O2/c1-10-19-7-12(8-20-10)16-13(9-23-16)11-4-5-14-15(6-11)21-17(22)18(14,2)3/h4-8,13,16H,9H2,1-3H3,(H,21,22). The molecule has 5 nitrogen and oxygen atoms in total. The highest BCUT2D eigenvalue weighted by Crippen LogP contribution is 2.45. The summed E-state index contributed by atoms with van der Waals surface area (Å²) in [5, 5.41) is 2.99. The van der Waals surface area contributed by atoms with Gasteiger partial charge in [0.05, 0.1) is 18.1 Å². The van der Waals surface area contributed by atoms with Gasteiger partial charge in [0.1, 0.15) is 5.82 Å². The maximum absolute atomic E-state index is 12.1. The Morgan fingerprint density at radius 1 is 1.22 bits per heavy atom. The predicted molar refractivity (Wildman–Crippen MR) is 86.3 cm³/mol. The first-order valence-electron chi connectivity index (χ1n) is 7.83. The average Bonchev–Trinajstić information content (AvgIpc) is 2.70.